The minimum atomic E-state index is -0.222. The molecule has 0 radical (unpaired) electrons. The molecule has 116 valence electrons. The number of hydrogen-bond donors (Lipinski definition) is 2. The van der Waals surface area contributed by atoms with Crippen LogP contribution >= 0.6 is 27.3 Å². The third-order valence-corrected chi connectivity index (χ3v) is 5.14. The number of carbonyl (C=O) groups is 1. The van der Waals surface area contributed by atoms with Crippen molar-refractivity contribution in [3.63, 3.8) is 0 Å². The number of benzene rings is 1. The van der Waals surface area contributed by atoms with Crippen LogP contribution in [0.2, 0.25) is 0 Å². The zero-order valence-corrected chi connectivity index (χ0v) is 14.5. The van der Waals surface area contributed by atoms with Gasteiger partial charge in [0.25, 0.3) is 5.91 Å². The minimum absolute atomic E-state index is 0.197. The quantitative estimate of drug-likeness (QED) is 0.856. The molecule has 0 saturated heterocycles. The van der Waals surface area contributed by atoms with Crippen molar-refractivity contribution in [2.24, 2.45) is 5.73 Å². The van der Waals surface area contributed by atoms with Crippen LogP contribution in [0, 0.1) is 0 Å². The lowest BCUT2D eigenvalue weighted by Crippen LogP contribution is -2.27. The summed E-state index contributed by atoms with van der Waals surface area (Å²) in [6.07, 6.45) is 2.67. The molecular weight excluding hydrogens is 366 g/mol. The molecule has 1 atom stereocenters. The average Bonchev–Trinajstić information content (AvgIpc) is 2.88. The maximum Gasteiger partial charge on any atom is 0.261 e. The Balaban J connectivity index is 1.80. The highest BCUT2D eigenvalue weighted by Crippen LogP contribution is 2.30. The minimum Gasteiger partial charge on any atom is -0.496 e. The Morgan fingerprint density at radius 3 is 3.14 bits per heavy atom. The number of rotatable bonds is 3. The van der Waals surface area contributed by atoms with E-state index in [0.717, 1.165) is 29.4 Å². The summed E-state index contributed by atoms with van der Waals surface area (Å²) < 4.78 is 6.12. The Hall–Kier alpha value is -1.44. The first-order valence-electron chi connectivity index (χ1n) is 6.96. The molecule has 0 aliphatic heterocycles. The van der Waals surface area contributed by atoms with Crippen LogP contribution in [0.3, 0.4) is 0 Å². The van der Waals surface area contributed by atoms with Gasteiger partial charge in [0.2, 0.25) is 0 Å². The number of nitrogens with two attached hydrogens (primary N) is 1. The molecule has 1 aliphatic carbocycles. The first-order chi connectivity index (χ1) is 10.6. The van der Waals surface area contributed by atoms with Crippen LogP contribution in [0.1, 0.15) is 27.3 Å². The SMILES string of the molecule is COc1cc(Br)ccc1C(=O)Nc1nc2c(s1)C[C@@H](N)CC2. The Morgan fingerprint density at radius 1 is 1.55 bits per heavy atom. The van der Waals surface area contributed by atoms with E-state index in [0.29, 0.717) is 16.4 Å². The van der Waals surface area contributed by atoms with Crippen LogP contribution in [-0.4, -0.2) is 24.0 Å². The summed E-state index contributed by atoms with van der Waals surface area (Å²) in [5, 5.41) is 3.48. The van der Waals surface area contributed by atoms with Crippen molar-refractivity contribution in [3.05, 3.63) is 38.8 Å². The summed E-state index contributed by atoms with van der Waals surface area (Å²) in [4.78, 5) is 18.1. The lowest BCUT2D eigenvalue weighted by atomic mass is 9.99. The number of anilines is 1. The summed E-state index contributed by atoms with van der Waals surface area (Å²) in [6.45, 7) is 0. The van der Waals surface area contributed by atoms with E-state index in [4.69, 9.17) is 10.5 Å². The first-order valence-corrected chi connectivity index (χ1v) is 8.57. The molecule has 0 bridgehead atoms. The lowest BCUT2D eigenvalue weighted by Gasteiger charge is -2.15. The van der Waals surface area contributed by atoms with Gasteiger partial charge < -0.3 is 10.5 Å². The van der Waals surface area contributed by atoms with Gasteiger partial charge in [-0.25, -0.2) is 4.98 Å². The summed E-state index contributed by atoms with van der Waals surface area (Å²) >= 11 is 4.87. The molecule has 0 spiro atoms. The predicted octanol–water partition coefficient (Wildman–Crippen LogP) is 2.98. The van der Waals surface area contributed by atoms with Gasteiger partial charge in [-0.2, -0.15) is 0 Å². The van der Waals surface area contributed by atoms with Crippen LogP contribution in [0.15, 0.2) is 22.7 Å². The van der Waals surface area contributed by atoms with E-state index in [2.05, 4.69) is 26.2 Å². The van der Waals surface area contributed by atoms with Gasteiger partial charge in [0.1, 0.15) is 5.75 Å². The van der Waals surface area contributed by atoms with Crippen molar-refractivity contribution in [1.29, 1.82) is 0 Å². The molecule has 2 aromatic rings. The smallest absolute Gasteiger partial charge is 0.261 e. The number of carbonyl (C=O) groups excluding carboxylic acids is 1. The molecular formula is C15H16BrN3O2S. The second-order valence-corrected chi connectivity index (χ2v) is 7.19. The van der Waals surface area contributed by atoms with E-state index in [1.165, 1.54) is 16.2 Å². The van der Waals surface area contributed by atoms with Crippen molar-refractivity contribution >= 4 is 38.3 Å². The number of methoxy groups -OCH3 is 1. The van der Waals surface area contributed by atoms with Crippen molar-refractivity contribution in [1.82, 2.24) is 4.98 Å². The number of thiazole rings is 1. The van der Waals surface area contributed by atoms with Crippen LogP contribution in [-0.2, 0) is 12.8 Å². The van der Waals surface area contributed by atoms with E-state index >= 15 is 0 Å². The predicted molar refractivity (Wildman–Crippen MR) is 90.8 cm³/mol. The molecule has 0 unspecified atom stereocenters. The normalized spacial score (nSPS) is 17.0. The zero-order valence-electron chi connectivity index (χ0n) is 12.1. The van der Waals surface area contributed by atoms with Crippen molar-refractivity contribution in [2.45, 2.75) is 25.3 Å². The van der Waals surface area contributed by atoms with Crippen molar-refractivity contribution in [3.8, 4) is 5.75 Å². The lowest BCUT2D eigenvalue weighted by molar-refractivity contribution is 0.102. The molecule has 1 aliphatic rings. The number of amides is 1. The largest absolute Gasteiger partial charge is 0.496 e. The molecule has 1 amide bonds. The maximum atomic E-state index is 12.4. The Morgan fingerprint density at radius 2 is 2.36 bits per heavy atom. The van der Waals surface area contributed by atoms with Crippen molar-refractivity contribution in [2.75, 3.05) is 12.4 Å². The van der Waals surface area contributed by atoms with E-state index in [1.807, 2.05) is 6.07 Å². The topological polar surface area (TPSA) is 77.2 Å². The van der Waals surface area contributed by atoms with Crippen molar-refractivity contribution < 1.29 is 9.53 Å². The van der Waals surface area contributed by atoms with Gasteiger partial charge in [-0.1, -0.05) is 15.9 Å². The number of nitrogens with one attached hydrogen (secondary N) is 1. The third kappa shape index (κ3) is 3.16. The fourth-order valence-corrected chi connectivity index (χ4v) is 3.91. The molecule has 3 rings (SSSR count). The Bertz CT molecular complexity index is 717. The number of aromatic nitrogens is 1. The van der Waals surface area contributed by atoms with E-state index in [1.54, 1.807) is 19.2 Å². The first kappa shape index (κ1) is 15.5. The Labute approximate surface area is 141 Å². The number of hydrogen-bond acceptors (Lipinski definition) is 5. The third-order valence-electron chi connectivity index (χ3n) is 3.61. The van der Waals surface area contributed by atoms with Gasteiger partial charge in [0.15, 0.2) is 5.13 Å². The summed E-state index contributed by atoms with van der Waals surface area (Å²) in [6, 6.07) is 5.49. The number of ether oxygens (including phenoxy) is 1. The van der Waals surface area contributed by atoms with E-state index in [-0.39, 0.29) is 11.9 Å². The van der Waals surface area contributed by atoms with Gasteiger partial charge in [-0.05, 0) is 37.5 Å². The molecule has 0 fully saturated rings. The molecule has 7 heteroatoms. The van der Waals surface area contributed by atoms with E-state index in [9.17, 15) is 4.79 Å². The van der Waals surface area contributed by atoms with Gasteiger partial charge in [0.05, 0.1) is 18.4 Å². The highest BCUT2D eigenvalue weighted by molar-refractivity contribution is 9.10. The second-order valence-electron chi connectivity index (χ2n) is 5.19. The van der Waals surface area contributed by atoms with Crippen LogP contribution < -0.4 is 15.8 Å². The monoisotopic (exact) mass is 381 g/mol. The summed E-state index contributed by atoms with van der Waals surface area (Å²) in [7, 11) is 1.54. The standard InChI is InChI=1S/C15H16BrN3O2S/c1-21-12-6-8(16)2-4-10(12)14(20)19-15-18-11-5-3-9(17)7-13(11)22-15/h2,4,6,9H,3,5,7,17H2,1H3,(H,18,19,20)/t9-/m0/s1. The fourth-order valence-electron chi connectivity index (χ4n) is 2.47. The van der Waals surface area contributed by atoms with Gasteiger partial charge in [-0.15, -0.1) is 11.3 Å². The highest BCUT2D eigenvalue weighted by Gasteiger charge is 2.21. The van der Waals surface area contributed by atoms with Crippen LogP contribution in [0.25, 0.3) is 0 Å². The molecule has 1 aromatic carbocycles. The maximum absolute atomic E-state index is 12.4. The highest BCUT2D eigenvalue weighted by atomic mass is 79.9. The number of fused-ring (bicyclic) bond motifs is 1. The van der Waals surface area contributed by atoms with E-state index < -0.39 is 0 Å². The van der Waals surface area contributed by atoms with Gasteiger partial charge in [-0.3, -0.25) is 10.1 Å². The molecule has 22 heavy (non-hydrogen) atoms. The van der Waals surface area contributed by atoms with Crippen LogP contribution in [0.5, 0.6) is 5.75 Å². The molecule has 1 heterocycles. The molecule has 0 saturated carbocycles. The summed E-state index contributed by atoms with van der Waals surface area (Å²) in [5.41, 5.74) is 7.52. The van der Waals surface area contributed by atoms with Gasteiger partial charge >= 0.3 is 0 Å². The molecule has 5 nitrogen and oxygen atoms in total. The number of nitrogens with zero attached hydrogens (tertiary/aromatic N) is 1. The number of aryl methyl sites for hydroxylation is 1. The van der Waals surface area contributed by atoms with Gasteiger partial charge in [0, 0.05) is 15.4 Å². The average molecular weight is 382 g/mol. The molecule has 3 N–H and O–H groups in total. The summed E-state index contributed by atoms with van der Waals surface area (Å²) in [5.74, 6) is 0.301. The zero-order chi connectivity index (χ0) is 15.7. The number of halogens is 1. The second kappa shape index (κ2) is 6.36. The molecule has 1 aromatic heterocycles. The fraction of sp³-hybridized carbons (Fsp3) is 0.333. The van der Waals surface area contributed by atoms with Crippen LogP contribution in [0.4, 0.5) is 5.13 Å². The Kier molecular flexibility index (Phi) is 4.46.